The summed E-state index contributed by atoms with van der Waals surface area (Å²) < 4.78 is 58.3. The second-order valence-electron chi connectivity index (χ2n) is 5.59. The van der Waals surface area contributed by atoms with Gasteiger partial charge in [-0.1, -0.05) is 26.0 Å². The molecule has 0 saturated heterocycles. The molecule has 0 N–H and O–H groups in total. The maximum Gasteiger partial charge on any atom is 0.453 e. The zero-order chi connectivity index (χ0) is 21.0. The molecular formula is C15H19Cl2F3N4O2S. The van der Waals surface area contributed by atoms with Crippen molar-refractivity contribution in [2.75, 3.05) is 19.0 Å². The lowest BCUT2D eigenvalue weighted by atomic mass is 10.0. The number of hydrogen-bond acceptors (Lipinski definition) is 5. The first kappa shape index (κ1) is 23.5. The van der Waals surface area contributed by atoms with Crippen molar-refractivity contribution in [2.24, 2.45) is 0 Å². The lowest BCUT2D eigenvalue weighted by Crippen LogP contribution is -2.16. The number of hydrogen-bond donors (Lipinski definition) is 0. The summed E-state index contributed by atoms with van der Waals surface area (Å²) in [5, 5.41) is 3.68. The lowest BCUT2D eigenvalue weighted by Gasteiger charge is -2.15. The molecule has 0 bridgehead atoms. The average Bonchev–Trinajstić information content (AvgIpc) is 2.98. The second kappa shape index (κ2) is 9.11. The van der Waals surface area contributed by atoms with Crippen molar-refractivity contribution in [1.29, 1.82) is 0 Å². The van der Waals surface area contributed by atoms with Crippen molar-refractivity contribution in [3.63, 3.8) is 0 Å². The van der Waals surface area contributed by atoms with Crippen LogP contribution in [0, 0.1) is 0 Å². The smallest absolute Gasteiger partial charge is 0.347 e. The van der Waals surface area contributed by atoms with Crippen LogP contribution in [0.3, 0.4) is 0 Å². The van der Waals surface area contributed by atoms with Crippen molar-refractivity contribution in [1.82, 2.24) is 14.8 Å². The van der Waals surface area contributed by atoms with Gasteiger partial charge in [0.05, 0.1) is 5.69 Å². The van der Waals surface area contributed by atoms with Crippen molar-refractivity contribution >= 4 is 35.6 Å². The molecule has 2 aromatic rings. The van der Waals surface area contributed by atoms with Gasteiger partial charge < -0.3 is 4.90 Å². The zero-order valence-electron chi connectivity index (χ0n) is 15.0. The minimum Gasteiger partial charge on any atom is -0.347 e. The third-order valence-electron chi connectivity index (χ3n) is 3.40. The molecule has 152 valence electrons. The maximum atomic E-state index is 12.9. The Morgan fingerprint density at radius 1 is 1.15 bits per heavy atom. The lowest BCUT2D eigenvalue weighted by molar-refractivity contribution is -0.144. The molecule has 0 radical (unpaired) electrons. The molecule has 0 spiro atoms. The maximum absolute atomic E-state index is 12.9. The van der Waals surface area contributed by atoms with Crippen LogP contribution in [-0.4, -0.2) is 37.3 Å². The molecule has 0 saturated carbocycles. The molecule has 1 aromatic carbocycles. The Morgan fingerprint density at radius 2 is 1.70 bits per heavy atom. The van der Waals surface area contributed by atoms with E-state index in [-0.39, 0.29) is 5.95 Å². The van der Waals surface area contributed by atoms with Gasteiger partial charge in [0.15, 0.2) is 0 Å². The standard InChI is InChI=1S/C15H19F3N4.Cl2O2S/c1-5-10-7-8-12(11(6-2)9-10)22-14(21(3)4)19-13(20-22)15(16,17)18;1-5(2,3)4/h7-9H,5-6H2,1-4H3;. The number of anilines is 1. The van der Waals surface area contributed by atoms with Crippen LogP contribution in [0.4, 0.5) is 19.1 Å². The van der Waals surface area contributed by atoms with Crippen LogP contribution < -0.4 is 4.90 Å². The quantitative estimate of drug-likeness (QED) is 0.658. The number of halogens is 5. The summed E-state index contributed by atoms with van der Waals surface area (Å²) in [6.45, 7) is 4.01. The van der Waals surface area contributed by atoms with Gasteiger partial charge in [-0.2, -0.15) is 31.3 Å². The first-order chi connectivity index (χ1) is 12.3. The van der Waals surface area contributed by atoms with Gasteiger partial charge in [0.25, 0.3) is 5.82 Å². The third kappa shape index (κ3) is 7.19. The normalized spacial score (nSPS) is 11.7. The molecule has 1 aromatic heterocycles. The van der Waals surface area contributed by atoms with E-state index in [4.69, 9.17) is 8.42 Å². The summed E-state index contributed by atoms with van der Waals surface area (Å²) in [4.78, 5) is 5.15. The number of alkyl halides is 3. The summed E-state index contributed by atoms with van der Waals surface area (Å²) in [7, 11) is 8.10. The fourth-order valence-electron chi connectivity index (χ4n) is 2.22. The van der Waals surface area contributed by atoms with E-state index in [1.165, 1.54) is 9.58 Å². The van der Waals surface area contributed by atoms with E-state index >= 15 is 0 Å². The van der Waals surface area contributed by atoms with Crippen LogP contribution in [0.15, 0.2) is 18.2 Å². The third-order valence-corrected chi connectivity index (χ3v) is 3.40. The van der Waals surface area contributed by atoms with E-state index in [0.29, 0.717) is 12.1 Å². The van der Waals surface area contributed by atoms with Gasteiger partial charge in [-0.15, -0.1) is 5.10 Å². The highest BCUT2D eigenvalue weighted by molar-refractivity contribution is 8.31. The topological polar surface area (TPSA) is 68.1 Å². The van der Waals surface area contributed by atoms with Crippen molar-refractivity contribution in [3.05, 3.63) is 35.2 Å². The number of benzene rings is 1. The van der Waals surface area contributed by atoms with Crippen LogP contribution in [0.5, 0.6) is 0 Å². The minimum atomic E-state index is -4.56. The highest BCUT2D eigenvalue weighted by atomic mass is 36.0. The Morgan fingerprint density at radius 3 is 2.11 bits per heavy atom. The summed E-state index contributed by atoms with van der Waals surface area (Å²) in [5.41, 5.74) is 2.72. The molecule has 1 heterocycles. The predicted octanol–water partition coefficient (Wildman–Crippen LogP) is 4.19. The summed E-state index contributed by atoms with van der Waals surface area (Å²) in [5.74, 6) is -0.968. The van der Waals surface area contributed by atoms with E-state index in [1.807, 2.05) is 26.0 Å². The molecule has 0 aliphatic carbocycles. The largest absolute Gasteiger partial charge is 0.453 e. The number of aryl methyl sites for hydroxylation is 2. The molecule has 2 rings (SSSR count). The number of nitrogens with zero attached hydrogens (tertiary/aromatic N) is 4. The van der Waals surface area contributed by atoms with Crippen molar-refractivity contribution in [3.8, 4) is 5.69 Å². The fourth-order valence-corrected chi connectivity index (χ4v) is 2.22. The van der Waals surface area contributed by atoms with Crippen LogP contribution in [0.25, 0.3) is 5.69 Å². The summed E-state index contributed by atoms with van der Waals surface area (Å²) in [6, 6.07) is 5.71. The summed E-state index contributed by atoms with van der Waals surface area (Å²) in [6.07, 6.45) is -2.98. The molecule has 0 amide bonds. The fraction of sp³-hybridized carbons (Fsp3) is 0.467. The molecule has 6 nitrogen and oxygen atoms in total. The van der Waals surface area contributed by atoms with E-state index < -0.39 is 20.3 Å². The molecule has 0 aliphatic heterocycles. The number of aromatic nitrogens is 3. The van der Waals surface area contributed by atoms with Gasteiger partial charge in [-0.25, -0.2) is 0 Å². The Labute approximate surface area is 164 Å². The molecular weight excluding hydrogens is 428 g/mol. The molecule has 12 heteroatoms. The minimum absolute atomic E-state index is 0.159. The van der Waals surface area contributed by atoms with Crippen LogP contribution in [0.2, 0.25) is 0 Å². The SMILES string of the molecule is CCc1ccc(-n2nc(C(F)(F)F)nc2N(C)C)c(CC)c1.O=S(=O)(Cl)Cl. The van der Waals surface area contributed by atoms with Gasteiger partial charge in [0, 0.05) is 35.5 Å². The van der Waals surface area contributed by atoms with Gasteiger partial charge in [0.2, 0.25) is 5.95 Å². The highest BCUT2D eigenvalue weighted by Crippen LogP contribution is 2.30. The molecule has 0 atom stereocenters. The predicted molar refractivity (Wildman–Crippen MR) is 100 cm³/mol. The Kier molecular flexibility index (Phi) is 7.94. The average molecular weight is 447 g/mol. The zero-order valence-corrected chi connectivity index (χ0v) is 17.4. The highest BCUT2D eigenvalue weighted by Gasteiger charge is 2.37. The number of rotatable bonds is 4. The first-order valence-electron chi connectivity index (χ1n) is 7.75. The van der Waals surface area contributed by atoms with Gasteiger partial charge in [-0.05, 0) is 30.0 Å². The van der Waals surface area contributed by atoms with Crippen molar-refractivity contribution in [2.45, 2.75) is 32.9 Å². The van der Waals surface area contributed by atoms with E-state index in [1.54, 1.807) is 20.2 Å². The molecule has 0 aliphatic rings. The van der Waals surface area contributed by atoms with Crippen LogP contribution in [0.1, 0.15) is 30.8 Å². The molecule has 27 heavy (non-hydrogen) atoms. The van der Waals surface area contributed by atoms with Gasteiger partial charge in [-0.3, -0.25) is 0 Å². The Bertz CT molecular complexity index is 876. The van der Waals surface area contributed by atoms with Gasteiger partial charge in [0.1, 0.15) is 0 Å². The van der Waals surface area contributed by atoms with E-state index in [2.05, 4.69) is 31.4 Å². The summed E-state index contributed by atoms with van der Waals surface area (Å²) >= 11 is 0. The van der Waals surface area contributed by atoms with Crippen molar-refractivity contribution < 1.29 is 21.6 Å². The van der Waals surface area contributed by atoms with Crippen LogP contribution >= 0.6 is 21.4 Å². The monoisotopic (exact) mass is 446 g/mol. The second-order valence-corrected chi connectivity index (χ2v) is 9.26. The van der Waals surface area contributed by atoms with Gasteiger partial charge >= 0.3 is 14.4 Å². The van der Waals surface area contributed by atoms with E-state index in [0.717, 1.165) is 17.5 Å². The van der Waals surface area contributed by atoms with Crippen LogP contribution in [-0.2, 0) is 27.3 Å². The Balaban J connectivity index is 0.000000646. The molecule has 0 unspecified atom stereocenters. The Hall–Kier alpha value is -1.52. The molecule has 0 fully saturated rings. The first-order valence-corrected chi connectivity index (χ1v) is 10.9. The van der Waals surface area contributed by atoms with E-state index in [9.17, 15) is 13.2 Å².